The summed E-state index contributed by atoms with van der Waals surface area (Å²) >= 11 is 5.61. The molecule has 2 N–H and O–H groups in total. The van der Waals surface area contributed by atoms with Crippen LogP contribution in [-0.4, -0.2) is 32.9 Å². The molecule has 0 aliphatic heterocycles. The molecule has 0 aromatic carbocycles. The van der Waals surface area contributed by atoms with Crippen molar-refractivity contribution in [1.29, 1.82) is 0 Å². The van der Waals surface area contributed by atoms with Crippen molar-refractivity contribution in [2.24, 2.45) is 5.92 Å². The van der Waals surface area contributed by atoms with Crippen molar-refractivity contribution in [2.75, 3.05) is 0 Å². The van der Waals surface area contributed by atoms with Crippen LogP contribution in [-0.2, 0) is 4.79 Å². The number of hydrogen-bond donors (Lipinski definition) is 2. The topological polar surface area (TPSA) is 122 Å². The highest BCUT2D eigenvalue weighted by molar-refractivity contribution is 6.29. The molecular weight excluding hydrogens is 290 g/mol. The van der Waals surface area contributed by atoms with Gasteiger partial charge in [-0.3, -0.25) is 19.7 Å². The largest absolute Gasteiger partial charge is 0.481 e. The summed E-state index contributed by atoms with van der Waals surface area (Å²) in [5.41, 5.74) is -0.762. The molecule has 0 fully saturated rings. The minimum Gasteiger partial charge on any atom is -0.481 e. The Morgan fingerprint density at radius 1 is 1.50 bits per heavy atom. The molecule has 1 rings (SSSR count). The highest BCUT2D eigenvalue weighted by Gasteiger charge is 2.26. The second kappa shape index (κ2) is 6.29. The van der Waals surface area contributed by atoms with E-state index >= 15 is 0 Å². The number of carbonyl (C=O) groups excluding carboxylic acids is 1. The molecule has 0 radical (unpaired) electrons. The summed E-state index contributed by atoms with van der Waals surface area (Å²) in [7, 11) is 0. The van der Waals surface area contributed by atoms with Crippen LogP contribution >= 0.6 is 11.6 Å². The lowest BCUT2D eigenvalue weighted by atomic mass is 10.0. The van der Waals surface area contributed by atoms with Crippen molar-refractivity contribution in [1.82, 2.24) is 10.3 Å². The Kier molecular flexibility index (Phi) is 4.98. The first-order valence-electron chi connectivity index (χ1n) is 5.57. The molecule has 0 saturated carbocycles. The molecule has 0 bridgehead atoms. The first kappa shape index (κ1) is 15.8. The van der Waals surface area contributed by atoms with E-state index in [0.717, 1.165) is 12.3 Å². The molecule has 2 unspecified atom stereocenters. The van der Waals surface area contributed by atoms with Crippen LogP contribution < -0.4 is 5.32 Å². The van der Waals surface area contributed by atoms with E-state index in [1.807, 2.05) is 0 Å². The van der Waals surface area contributed by atoms with Gasteiger partial charge in [-0.15, -0.1) is 0 Å². The lowest BCUT2D eigenvalue weighted by Gasteiger charge is -2.17. The standard InChI is InChI=1S/C11H12ClN3O5/c1-5(11(17)18)6(2)14-10(16)7-3-9(12)13-4-8(7)15(19)20/h3-6H,1-2H3,(H,14,16)(H,17,18). The van der Waals surface area contributed by atoms with Crippen LogP contribution in [0.1, 0.15) is 24.2 Å². The SMILES string of the molecule is CC(NC(=O)c1cc(Cl)ncc1[N+](=O)[O-])C(C)C(=O)O. The fraction of sp³-hybridized carbons (Fsp3) is 0.364. The van der Waals surface area contributed by atoms with E-state index in [4.69, 9.17) is 16.7 Å². The fourth-order valence-corrected chi connectivity index (χ4v) is 1.53. The highest BCUT2D eigenvalue weighted by atomic mass is 35.5. The number of rotatable bonds is 5. The number of aliphatic carboxylic acids is 1. The molecular formula is C11H12ClN3O5. The summed E-state index contributed by atoms with van der Waals surface area (Å²) in [4.78, 5) is 36.4. The summed E-state index contributed by atoms with van der Waals surface area (Å²) in [6.45, 7) is 2.91. The van der Waals surface area contributed by atoms with Gasteiger partial charge < -0.3 is 10.4 Å². The molecule has 9 heteroatoms. The van der Waals surface area contributed by atoms with Crippen molar-refractivity contribution in [3.05, 3.63) is 33.1 Å². The highest BCUT2D eigenvalue weighted by Crippen LogP contribution is 2.20. The maximum Gasteiger partial charge on any atom is 0.308 e. The number of carboxylic acids is 1. The number of carbonyl (C=O) groups is 2. The van der Waals surface area contributed by atoms with Crippen molar-refractivity contribution in [2.45, 2.75) is 19.9 Å². The monoisotopic (exact) mass is 301 g/mol. The number of halogens is 1. The fourth-order valence-electron chi connectivity index (χ4n) is 1.37. The Morgan fingerprint density at radius 3 is 2.60 bits per heavy atom. The minimum absolute atomic E-state index is 0.0697. The Bertz CT molecular complexity index is 563. The number of aromatic nitrogens is 1. The molecule has 108 valence electrons. The van der Waals surface area contributed by atoms with Gasteiger partial charge in [0.05, 0.1) is 10.8 Å². The third kappa shape index (κ3) is 3.64. The molecule has 0 saturated heterocycles. The van der Waals surface area contributed by atoms with Crippen LogP contribution in [0.25, 0.3) is 0 Å². The van der Waals surface area contributed by atoms with E-state index < -0.39 is 34.4 Å². The minimum atomic E-state index is -1.08. The van der Waals surface area contributed by atoms with Gasteiger partial charge in [-0.1, -0.05) is 11.6 Å². The molecule has 8 nitrogen and oxygen atoms in total. The molecule has 1 heterocycles. The van der Waals surface area contributed by atoms with Crippen LogP contribution in [0.3, 0.4) is 0 Å². The van der Waals surface area contributed by atoms with Crippen molar-refractivity contribution < 1.29 is 19.6 Å². The summed E-state index contributed by atoms with van der Waals surface area (Å²) in [5.74, 6) is -2.70. The summed E-state index contributed by atoms with van der Waals surface area (Å²) < 4.78 is 0. The van der Waals surface area contributed by atoms with Gasteiger partial charge in [0.1, 0.15) is 16.9 Å². The summed E-state index contributed by atoms with van der Waals surface area (Å²) in [6.07, 6.45) is 0.878. The zero-order valence-corrected chi connectivity index (χ0v) is 11.4. The molecule has 1 aromatic heterocycles. The Balaban J connectivity index is 3.00. The smallest absolute Gasteiger partial charge is 0.308 e. The van der Waals surface area contributed by atoms with Gasteiger partial charge in [0.2, 0.25) is 0 Å². The van der Waals surface area contributed by atoms with Gasteiger partial charge in [0.15, 0.2) is 0 Å². The van der Waals surface area contributed by atoms with E-state index in [2.05, 4.69) is 10.3 Å². The number of nitro groups is 1. The van der Waals surface area contributed by atoms with Crippen LogP contribution in [0.5, 0.6) is 0 Å². The maximum atomic E-state index is 12.0. The summed E-state index contributed by atoms with van der Waals surface area (Å²) in [6, 6.07) is 0.360. The average Bonchev–Trinajstić information content (AvgIpc) is 2.36. The second-order valence-corrected chi connectivity index (χ2v) is 4.56. The van der Waals surface area contributed by atoms with Gasteiger partial charge in [0.25, 0.3) is 11.6 Å². The van der Waals surface area contributed by atoms with Crippen molar-refractivity contribution in [3.63, 3.8) is 0 Å². The second-order valence-electron chi connectivity index (χ2n) is 4.17. The van der Waals surface area contributed by atoms with Crippen LogP contribution in [0.15, 0.2) is 12.3 Å². The van der Waals surface area contributed by atoms with Gasteiger partial charge in [-0.2, -0.15) is 0 Å². The predicted octanol–water partition coefficient (Wildman–Crippen LogP) is 1.48. The van der Waals surface area contributed by atoms with Gasteiger partial charge in [0, 0.05) is 6.04 Å². The van der Waals surface area contributed by atoms with E-state index in [0.29, 0.717) is 0 Å². The average molecular weight is 302 g/mol. The molecule has 1 aromatic rings. The maximum absolute atomic E-state index is 12.0. The number of amides is 1. The molecule has 0 aliphatic carbocycles. The van der Waals surface area contributed by atoms with Gasteiger partial charge in [-0.25, -0.2) is 4.98 Å². The van der Waals surface area contributed by atoms with Crippen LogP contribution in [0, 0.1) is 16.0 Å². The predicted molar refractivity (Wildman–Crippen MR) is 69.6 cm³/mol. The first-order chi connectivity index (χ1) is 9.23. The van der Waals surface area contributed by atoms with Crippen molar-refractivity contribution >= 4 is 29.2 Å². The third-order valence-electron chi connectivity index (χ3n) is 2.79. The Labute approximate surface area is 118 Å². The third-order valence-corrected chi connectivity index (χ3v) is 3.00. The Morgan fingerprint density at radius 2 is 2.10 bits per heavy atom. The van der Waals surface area contributed by atoms with E-state index in [9.17, 15) is 19.7 Å². The van der Waals surface area contributed by atoms with E-state index in [-0.39, 0.29) is 10.7 Å². The number of nitrogens with zero attached hydrogens (tertiary/aromatic N) is 2. The number of carboxylic acid groups (broad SMARTS) is 1. The lowest BCUT2D eigenvalue weighted by molar-refractivity contribution is -0.385. The van der Waals surface area contributed by atoms with Gasteiger partial charge in [-0.05, 0) is 19.9 Å². The molecule has 1 amide bonds. The lowest BCUT2D eigenvalue weighted by Crippen LogP contribution is -2.40. The van der Waals surface area contributed by atoms with Crippen LogP contribution in [0.4, 0.5) is 5.69 Å². The van der Waals surface area contributed by atoms with Crippen molar-refractivity contribution in [3.8, 4) is 0 Å². The quantitative estimate of drug-likeness (QED) is 0.482. The number of pyridine rings is 1. The number of nitrogens with one attached hydrogen (secondary N) is 1. The molecule has 20 heavy (non-hydrogen) atoms. The Hall–Kier alpha value is -2.22. The molecule has 0 aliphatic rings. The molecule has 0 spiro atoms. The van der Waals surface area contributed by atoms with Gasteiger partial charge >= 0.3 is 5.97 Å². The molecule has 2 atom stereocenters. The summed E-state index contributed by atoms with van der Waals surface area (Å²) in [5, 5.41) is 22.0. The van der Waals surface area contributed by atoms with Crippen LogP contribution in [0.2, 0.25) is 5.15 Å². The van der Waals surface area contributed by atoms with E-state index in [1.165, 1.54) is 13.8 Å². The zero-order valence-electron chi connectivity index (χ0n) is 10.7. The first-order valence-corrected chi connectivity index (χ1v) is 5.95. The number of hydrogen-bond acceptors (Lipinski definition) is 5. The van der Waals surface area contributed by atoms with E-state index in [1.54, 1.807) is 0 Å². The zero-order chi connectivity index (χ0) is 15.4. The normalized spacial score (nSPS) is 13.3.